The van der Waals surface area contributed by atoms with Crippen molar-refractivity contribution in [2.24, 2.45) is 5.73 Å². The van der Waals surface area contributed by atoms with Gasteiger partial charge >= 0.3 is 13.3 Å². The van der Waals surface area contributed by atoms with Crippen LogP contribution in [0.25, 0.3) is 0 Å². The van der Waals surface area contributed by atoms with Crippen LogP contribution in [0, 0.1) is 0 Å². The molecule has 0 aromatic heterocycles. The zero-order valence-corrected chi connectivity index (χ0v) is 13.5. The molecule has 1 heterocycles. The molecule has 1 fully saturated rings. The van der Waals surface area contributed by atoms with Crippen molar-refractivity contribution in [2.45, 2.75) is 51.0 Å². The molecule has 0 amide bonds. The third-order valence-electron chi connectivity index (χ3n) is 4.25. The van der Waals surface area contributed by atoms with Crippen molar-refractivity contribution in [3.63, 3.8) is 0 Å². The van der Waals surface area contributed by atoms with Gasteiger partial charge in [-0.15, -0.1) is 0 Å². The zero-order chi connectivity index (χ0) is 16.9. The summed E-state index contributed by atoms with van der Waals surface area (Å²) in [6.07, 6.45) is -4.54. The number of hydrogen-bond donors (Lipinski definition) is 1. The number of hydrogen-bond acceptors (Lipinski definition) is 3. The Bertz CT molecular complexity index is 562. The Labute approximate surface area is 133 Å². The third kappa shape index (κ3) is 3.13. The van der Waals surface area contributed by atoms with E-state index >= 15 is 0 Å². The van der Waals surface area contributed by atoms with E-state index < -0.39 is 36.0 Å². The van der Waals surface area contributed by atoms with E-state index in [2.05, 4.69) is 0 Å². The van der Waals surface area contributed by atoms with Crippen molar-refractivity contribution in [3.05, 3.63) is 34.3 Å². The fraction of sp³-hybridized carbons (Fsp3) is 0.571. The average molecular weight is 336 g/mol. The van der Waals surface area contributed by atoms with Crippen LogP contribution in [0.3, 0.4) is 0 Å². The van der Waals surface area contributed by atoms with Gasteiger partial charge in [-0.25, -0.2) is 0 Å². The molecule has 0 radical (unpaired) electrons. The lowest BCUT2D eigenvalue weighted by Gasteiger charge is -2.32. The summed E-state index contributed by atoms with van der Waals surface area (Å²) in [5.74, 6) is -0.848. The van der Waals surface area contributed by atoms with Crippen molar-refractivity contribution in [1.82, 2.24) is 0 Å². The van der Waals surface area contributed by atoms with E-state index in [0.717, 1.165) is 6.07 Å². The van der Waals surface area contributed by atoms with Gasteiger partial charge in [-0.1, -0.05) is 17.7 Å². The van der Waals surface area contributed by atoms with E-state index in [0.29, 0.717) is 0 Å². The number of alkyl halides is 3. The smallest absolute Gasteiger partial charge is 0.402 e. The summed E-state index contributed by atoms with van der Waals surface area (Å²) in [6.45, 7) is 7.40. The van der Waals surface area contributed by atoms with Crippen LogP contribution in [0.5, 0.6) is 0 Å². The van der Waals surface area contributed by atoms with Crippen LogP contribution in [0.1, 0.15) is 44.8 Å². The van der Waals surface area contributed by atoms with Crippen LogP contribution >= 0.6 is 11.6 Å². The Morgan fingerprint density at radius 3 is 2.09 bits per heavy atom. The number of halogens is 4. The van der Waals surface area contributed by atoms with Gasteiger partial charge in [0.1, 0.15) is 0 Å². The van der Waals surface area contributed by atoms with E-state index in [9.17, 15) is 13.2 Å². The van der Waals surface area contributed by atoms with Crippen LogP contribution in [0.2, 0.25) is 5.02 Å². The van der Waals surface area contributed by atoms with Gasteiger partial charge in [0.15, 0.2) is 0 Å². The Hall–Kier alpha value is -0.755. The molecule has 3 nitrogen and oxygen atoms in total. The minimum atomic E-state index is -4.54. The SMILES string of the molecule is CC1(C)OB([C@H](N)c2ccc(Cl)c(C(F)(F)F)c2)OC1(C)C. The molecule has 0 aliphatic carbocycles. The van der Waals surface area contributed by atoms with Crippen molar-refractivity contribution in [3.8, 4) is 0 Å². The van der Waals surface area contributed by atoms with Gasteiger partial charge in [0, 0.05) is 0 Å². The minimum Gasteiger partial charge on any atom is -0.402 e. The summed E-state index contributed by atoms with van der Waals surface area (Å²) in [7, 11) is -0.827. The second kappa shape index (κ2) is 5.41. The molecule has 122 valence electrons. The fourth-order valence-corrected chi connectivity index (χ4v) is 2.38. The molecule has 0 bridgehead atoms. The van der Waals surface area contributed by atoms with Gasteiger partial charge in [0.25, 0.3) is 0 Å². The first-order chi connectivity index (χ1) is 9.85. The highest BCUT2D eigenvalue weighted by Crippen LogP contribution is 2.41. The zero-order valence-electron chi connectivity index (χ0n) is 12.8. The van der Waals surface area contributed by atoms with Gasteiger partial charge in [0.2, 0.25) is 0 Å². The molecule has 1 aliphatic heterocycles. The molecule has 22 heavy (non-hydrogen) atoms. The third-order valence-corrected chi connectivity index (χ3v) is 4.58. The largest absolute Gasteiger partial charge is 0.480 e. The molecule has 1 aliphatic rings. The monoisotopic (exact) mass is 335 g/mol. The second-order valence-electron chi connectivity index (χ2n) is 6.39. The van der Waals surface area contributed by atoms with Gasteiger partial charge in [-0.3, -0.25) is 0 Å². The number of rotatable bonds is 2. The van der Waals surface area contributed by atoms with Crippen molar-refractivity contribution in [1.29, 1.82) is 0 Å². The van der Waals surface area contributed by atoms with E-state index in [4.69, 9.17) is 26.6 Å². The predicted molar refractivity (Wildman–Crippen MR) is 79.5 cm³/mol. The highest BCUT2D eigenvalue weighted by molar-refractivity contribution is 6.47. The molecular formula is C14H18BClF3NO2. The quantitative estimate of drug-likeness (QED) is 0.831. The molecule has 1 atom stereocenters. The summed E-state index contributed by atoms with van der Waals surface area (Å²) in [4.78, 5) is 0. The first-order valence-corrected chi connectivity index (χ1v) is 7.21. The van der Waals surface area contributed by atoms with Gasteiger partial charge < -0.3 is 15.0 Å². The van der Waals surface area contributed by atoms with E-state index in [1.807, 2.05) is 27.7 Å². The lowest BCUT2D eigenvalue weighted by Crippen LogP contribution is -2.41. The lowest BCUT2D eigenvalue weighted by atomic mass is 9.74. The molecule has 0 saturated carbocycles. The first-order valence-electron chi connectivity index (χ1n) is 6.83. The number of benzene rings is 1. The van der Waals surface area contributed by atoms with E-state index in [-0.39, 0.29) is 10.6 Å². The van der Waals surface area contributed by atoms with Crippen LogP contribution in [-0.2, 0) is 15.5 Å². The molecule has 8 heteroatoms. The molecule has 1 aromatic carbocycles. The molecule has 2 N–H and O–H groups in total. The predicted octanol–water partition coefficient (Wildman–Crippen LogP) is 3.99. The highest BCUT2D eigenvalue weighted by atomic mass is 35.5. The van der Waals surface area contributed by atoms with E-state index in [1.165, 1.54) is 12.1 Å². The van der Waals surface area contributed by atoms with Crippen molar-refractivity contribution >= 4 is 18.7 Å². The maximum Gasteiger partial charge on any atom is 0.480 e. The van der Waals surface area contributed by atoms with Crippen molar-refractivity contribution in [2.75, 3.05) is 0 Å². The Morgan fingerprint density at radius 1 is 1.14 bits per heavy atom. The minimum absolute atomic E-state index is 0.259. The topological polar surface area (TPSA) is 44.5 Å². The Balaban J connectivity index is 2.30. The first kappa shape index (κ1) is 17.6. The fourth-order valence-electron chi connectivity index (χ4n) is 2.16. The number of nitrogens with two attached hydrogens (primary N) is 1. The summed E-state index contributed by atoms with van der Waals surface area (Å²) >= 11 is 5.61. The van der Waals surface area contributed by atoms with Crippen LogP contribution in [-0.4, -0.2) is 18.3 Å². The standard InChI is InChI=1S/C14H18BClF3NO2/c1-12(2)13(3,4)22-15(21-12)11(20)8-5-6-10(16)9(7-8)14(17,18)19/h5-7,11H,20H2,1-4H3/t11-/m1/s1. The van der Waals surface area contributed by atoms with Gasteiger partial charge in [-0.05, 0) is 45.4 Å². The van der Waals surface area contributed by atoms with Crippen molar-refractivity contribution < 1.29 is 22.5 Å². The van der Waals surface area contributed by atoms with E-state index in [1.54, 1.807) is 0 Å². The Morgan fingerprint density at radius 2 is 1.64 bits per heavy atom. The van der Waals surface area contributed by atoms with Crippen LogP contribution < -0.4 is 5.73 Å². The normalized spacial score (nSPS) is 22.0. The van der Waals surface area contributed by atoms with Crippen LogP contribution in [0.4, 0.5) is 13.2 Å². The summed E-state index contributed by atoms with van der Waals surface area (Å²) in [6, 6.07) is 3.58. The Kier molecular flexibility index (Phi) is 4.32. The highest BCUT2D eigenvalue weighted by Gasteiger charge is 2.53. The van der Waals surface area contributed by atoms with Crippen LogP contribution in [0.15, 0.2) is 18.2 Å². The lowest BCUT2D eigenvalue weighted by molar-refractivity contribution is -0.137. The maximum absolute atomic E-state index is 12.9. The molecule has 1 saturated heterocycles. The summed E-state index contributed by atoms with van der Waals surface area (Å²) in [5, 5.41) is -0.364. The average Bonchev–Trinajstić information content (AvgIpc) is 2.57. The molecular weight excluding hydrogens is 317 g/mol. The second-order valence-corrected chi connectivity index (χ2v) is 6.79. The molecule has 0 spiro atoms. The van der Waals surface area contributed by atoms with Gasteiger partial charge in [-0.2, -0.15) is 13.2 Å². The summed E-state index contributed by atoms with van der Waals surface area (Å²) in [5.41, 5.74) is 4.18. The molecule has 0 unspecified atom stereocenters. The maximum atomic E-state index is 12.9. The van der Waals surface area contributed by atoms with Gasteiger partial charge in [0.05, 0.1) is 27.7 Å². The molecule has 1 aromatic rings. The molecule has 2 rings (SSSR count). The summed E-state index contributed by atoms with van der Waals surface area (Å²) < 4.78 is 50.3.